The second kappa shape index (κ2) is 8.05. The summed E-state index contributed by atoms with van der Waals surface area (Å²) in [4.78, 5) is 17.5. The molecule has 0 aliphatic carbocycles. The molecule has 6 nitrogen and oxygen atoms in total. The Hall–Kier alpha value is -3.13. The van der Waals surface area contributed by atoms with Crippen molar-refractivity contribution in [2.45, 2.75) is 6.92 Å². The smallest absolute Gasteiger partial charge is 0.267 e. The van der Waals surface area contributed by atoms with Crippen molar-refractivity contribution >= 4 is 33.8 Å². The first kappa shape index (κ1) is 18.7. The third-order valence-corrected chi connectivity index (χ3v) is 4.81. The summed E-state index contributed by atoms with van der Waals surface area (Å²) in [5, 5.41) is 6.33. The van der Waals surface area contributed by atoms with Crippen molar-refractivity contribution in [3.8, 4) is 11.5 Å². The number of halogens is 1. The van der Waals surface area contributed by atoms with Crippen LogP contribution in [0.1, 0.15) is 15.4 Å². The zero-order valence-electron chi connectivity index (χ0n) is 15.0. The van der Waals surface area contributed by atoms with Gasteiger partial charge >= 0.3 is 0 Å². The number of anilines is 3. The average molecular weight is 387 g/mol. The van der Waals surface area contributed by atoms with Crippen LogP contribution in [0.4, 0.5) is 20.9 Å². The van der Waals surface area contributed by atoms with Gasteiger partial charge in [0.2, 0.25) is 0 Å². The number of methoxy groups -OCH3 is 2. The van der Waals surface area contributed by atoms with E-state index < -0.39 is 0 Å². The highest BCUT2D eigenvalue weighted by Gasteiger charge is 2.18. The first-order chi connectivity index (χ1) is 13.0. The molecule has 0 aliphatic rings. The third kappa shape index (κ3) is 4.35. The molecule has 27 heavy (non-hydrogen) atoms. The Bertz CT molecular complexity index is 975. The summed E-state index contributed by atoms with van der Waals surface area (Å²) in [7, 11) is 3.07. The van der Waals surface area contributed by atoms with E-state index in [2.05, 4.69) is 15.6 Å². The van der Waals surface area contributed by atoms with Gasteiger partial charge in [-0.25, -0.2) is 9.37 Å². The predicted molar refractivity (Wildman–Crippen MR) is 104 cm³/mol. The highest BCUT2D eigenvalue weighted by molar-refractivity contribution is 7.17. The molecule has 0 atom stereocenters. The molecule has 3 rings (SSSR count). The fraction of sp³-hybridized carbons (Fsp3) is 0.158. The summed E-state index contributed by atoms with van der Waals surface area (Å²) in [6, 6.07) is 11.2. The van der Waals surface area contributed by atoms with Gasteiger partial charge in [-0.15, -0.1) is 0 Å². The van der Waals surface area contributed by atoms with Gasteiger partial charge in [-0.1, -0.05) is 17.4 Å². The number of aromatic nitrogens is 1. The molecule has 0 aliphatic heterocycles. The quantitative estimate of drug-likeness (QED) is 0.647. The number of aryl methyl sites for hydroxylation is 1. The summed E-state index contributed by atoms with van der Waals surface area (Å²) in [5.74, 6) is 0.449. The van der Waals surface area contributed by atoms with Gasteiger partial charge in [0.05, 0.1) is 25.6 Å². The molecule has 140 valence electrons. The molecular formula is C19H18FN3O3S. The van der Waals surface area contributed by atoms with E-state index in [1.54, 1.807) is 44.4 Å². The van der Waals surface area contributed by atoms with E-state index >= 15 is 0 Å². The predicted octanol–water partition coefficient (Wildman–Crippen LogP) is 4.60. The van der Waals surface area contributed by atoms with Crippen molar-refractivity contribution < 1.29 is 18.7 Å². The van der Waals surface area contributed by atoms with Crippen molar-refractivity contribution in [1.82, 2.24) is 4.98 Å². The lowest BCUT2D eigenvalue weighted by Gasteiger charge is -2.11. The largest absolute Gasteiger partial charge is 0.497 e. The van der Waals surface area contributed by atoms with Crippen LogP contribution < -0.4 is 20.1 Å². The van der Waals surface area contributed by atoms with Crippen LogP contribution >= 0.6 is 11.3 Å². The van der Waals surface area contributed by atoms with E-state index in [0.717, 1.165) is 0 Å². The van der Waals surface area contributed by atoms with E-state index in [4.69, 9.17) is 9.47 Å². The summed E-state index contributed by atoms with van der Waals surface area (Å²) < 4.78 is 23.8. The van der Waals surface area contributed by atoms with E-state index in [1.807, 2.05) is 0 Å². The van der Waals surface area contributed by atoms with Gasteiger partial charge in [0.1, 0.15) is 22.2 Å². The molecule has 8 heteroatoms. The monoisotopic (exact) mass is 387 g/mol. The number of thiazole rings is 1. The van der Waals surface area contributed by atoms with Crippen molar-refractivity contribution in [1.29, 1.82) is 0 Å². The van der Waals surface area contributed by atoms with Crippen molar-refractivity contribution in [3.05, 3.63) is 58.9 Å². The standard InChI is InChI=1S/C19H18FN3O3S/c1-11-17(27-19(21-11)22-13-6-4-5-12(20)9-13)18(24)23-15-10-14(25-2)7-8-16(15)26-3/h4-10H,1-3H3,(H,21,22)(H,23,24). The van der Waals surface area contributed by atoms with Gasteiger partial charge in [-0.2, -0.15) is 0 Å². The number of ether oxygens (including phenoxy) is 2. The van der Waals surface area contributed by atoms with Crippen molar-refractivity contribution in [2.24, 2.45) is 0 Å². The van der Waals surface area contributed by atoms with Crippen LogP contribution in [-0.2, 0) is 0 Å². The third-order valence-electron chi connectivity index (χ3n) is 3.73. The van der Waals surface area contributed by atoms with Gasteiger partial charge in [0.15, 0.2) is 5.13 Å². The summed E-state index contributed by atoms with van der Waals surface area (Å²) in [6.07, 6.45) is 0. The fourth-order valence-corrected chi connectivity index (χ4v) is 3.32. The highest BCUT2D eigenvalue weighted by atomic mass is 32.1. The maximum absolute atomic E-state index is 13.3. The van der Waals surface area contributed by atoms with Crippen molar-refractivity contribution in [3.63, 3.8) is 0 Å². The Balaban J connectivity index is 1.81. The number of carbonyl (C=O) groups excluding carboxylic acids is 1. The molecule has 0 unspecified atom stereocenters. The Morgan fingerprint density at radius 1 is 1.15 bits per heavy atom. The van der Waals surface area contributed by atoms with Crippen LogP contribution in [0.25, 0.3) is 0 Å². The van der Waals surface area contributed by atoms with Gasteiger partial charge in [0.25, 0.3) is 5.91 Å². The van der Waals surface area contributed by atoms with E-state index in [1.165, 1.54) is 30.6 Å². The molecule has 0 saturated carbocycles. The van der Waals surface area contributed by atoms with Gasteiger partial charge in [0, 0.05) is 11.8 Å². The summed E-state index contributed by atoms with van der Waals surface area (Å²) >= 11 is 1.18. The van der Waals surface area contributed by atoms with Crippen LogP contribution in [0.3, 0.4) is 0 Å². The minimum absolute atomic E-state index is 0.316. The summed E-state index contributed by atoms with van der Waals surface area (Å²) in [6.45, 7) is 1.74. The van der Waals surface area contributed by atoms with Gasteiger partial charge in [-0.3, -0.25) is 4.79 Å². The molecule has 1 aromatic heterocycles. The molecule has 1 heterocycles. The SMILES string of the molecule is COc1ccc(OC)c(NC(=O)c2sc(Nc3cccc(F)c3)nc2C)c1. The topological polar surface area (TPSA) is 72.5 Å². The Labute approximate surface area is 160 Å². The van der Waals surface area contributed by atoms with Crippen LogP contribution in [0.15, 0.2) is 42.5 Å². The zero-order valence-corrected chi connectivity index (χ0v) is 15.8. The highest BCUT2D eigenvalue weighted by Crippen LogP contribution is 2.31. The maximum atomic E-state index is 13.3. The summed E-state index contributed by atoms with van der Waals surface area (Å²) in [5.41, 5.74) is 1.62. The average Bonchev–Trinajstić information content (AvgIpc) is 3.01. The number of nitrogens with one attached hydrogen (secondary N) is 2. The van der Waals surface area contributed by atoms with Crippen LogP contribution in [-0.4, -0.2) is 25.1 Å². The van der Waals surface area contributed by atoms with Crippen LogP contribution in [0, 0.1) is 12.7 Å². The number of nitrogens with zero attached hydrogens (tertiary/aromatic N) is 1. The fourth-order valence-electron chi connectivity index (χ4n) is 2.44. The number of benzene rings is 2. The number of carbonyl (C=O) groups is 1. The number of hydrogen-bond acceptors (Lipinski definition) is 6. The first-order valence-corrected chi connectivity index (χ1v) is 8.85. The second-order valence-electron chi connectivity index (χ2n) is 5.59. The van der Waals surface area contributed by atoms with E-state index in [9.17, 15) is 9.18 Å². The van der Waals surface area contributed by atoms with E-state index in [0.29, 0.717) is 38.6 Å². The molecule has 0 saturated heterocycles. The van der Waals surface area contributed by atoms with E-state index in [-0.39, 0.29) is 11.7 Å². The molecule has 0 spiro atoms. The zero-order chi connectivity index (χ0) is 19.4. The lowest BCUT2D eigenvalue weighted by Crippen LogP contribution is -2.12. The second-order valence-corrected chi connectivity index (χ2v) is 6.59. The first-order valence-electron chi connectivity index (χ1n) is 8.03. The number of hydrogen-bond donors (Lipinski definition) is 2. The normalized spacial score (nSPS) is 10.4. The van der Waals surface area contributed by atoms with Crippen LogP contribution in [0.2, 0.25) is 0 Å². The lowest BCUT2D eigenvalue weighted by atomic mass is 10.2. The number of rotatable bonds is 6. The molecule has 0 radical (unpaired) electrons. The maximum Gasteiger partial charge on any atom is 0.267 e. The molecular weight excluding hydrogens is 369 g/mol. The lowest BCUT2D eigenvalue weighted by molar-refractivity contribution is 0.102. The van der Waals surface area contributed by atoms with Crippen LogP contribution in [0.5, 0.6) is 11.5 Å². The Morgan fingerprint density at radius 2 is 1.96 bits per heavy atom. The van der Waals surface area contributed by atoms with Gasteiger partial charge < -0.3 is 20.1 Å². The Morgan fingerprint density at radius 3 is 2.67 bits per heavy atom. The molecule has 3 aromatic rings. The van der Waals surface area contributed by atoms with Gasteiger partial charge in [-0.05, 0) is 37.3 Å². The molecule has 2 aromatic carbocycles. The minimum atomic E-state index is -0.351. The number of amides is 1. The van der Waals surface area contributed by atoms with Crippen molar-refractivity contribution in [2.75, 3.05) is 24.9 Å². The molecule has 1 amide bonds. The Kier molecular flexibility index (Phi) is 5.56. The minimum Gasteiger partial charge on any atom is -0.497 e. The molecule has 0 fully saturated rings. The molecule has 0 bridgehead atoms. The molecule has 2 N–H and O–H groups in total.